The lowest BCUT2D eigenvalue weighted by atomic mass is 9.96. The maximum Gasteiger partial charge on any atom is 0.146 e. The normalized spacial score (nSPS) is 19.4. The van der Waals surface area contributed by atoms with Gasteiger partial charge >= 0.3 is 0 Å². The number of halogens is 1. The van der Waals surface area contributed by atoms with E-state index in [9.17, 15) is 4.39 Å². The van der Waals surface area contributed by atoms with E-state index in [0.717, 1.165) is 43.7 Å². The van der Waals surface area contributed by atoms with Gasteiger partial charge in [-0.05, 0) is 43.9 Å². The largest absolute Gasteiger partial charge is 0.366 e. The van der Waals surface area contributed by atoms with Crippen molar-refractivity contribution in [1.29, 1.82) is 0 Å². The van der Waals surface area contributed by atoms with Crippen molar-refractivity contribution in [2.24, 2.45) is 0 Å². The predicted octanol–water partition coefficient (Wildman–Crippen LogP) is 4.09. The Hall–Kier alpha value is -1.09. The molecule has 2 rings (SSSR count). The van der Waals surface area contributed by atoms with Crippen LogP contribution in [0.5, 0.6) is 0 Å². The Kier molecular flexibility index (Phi) is 5.84. The summed E-state index contributed by atoms with van der Waals surface area (Å²) < 4.78 is 14.4. The van der Waals surface area contributed by atoms with E-state index in [2.05, 4.69) is 30.1 Å². The zero-order valence-electron chi connectivity index (χ0n) is 12.8. The van der Waals surface area contributed by atoms with Crippen molar-refractivity contribution in [1.82, 2.24) is 5.32 Å². The van der Waals surface area contributed by atoms with Crippen LogP contribution in [0.15, 0.2) is 18.2 Å². The van der Waals surface area contributed by atoms with Gasteiger partial charge in [0.15, 0.2) is 0 Å². The first-order valence-electron chi connectivity index (χ1n) is 8.02. The molecule has 0 aromatic heterocycles. The third kappa shape index (κ3) is 3.51. The number of piperidine rings is 1. The summed E-state index contributed by atoms with van der Waals surface area (Å²) in [6.07, 6.45) is 5.98. The Morgan fingerprint density at radius 3 is 2.90 bits per heavy atom. The van der Waals surface area contributed by atoms with Gasteiger partial charge in [0.25, 0.3) is 0 Å². The molecule has 1 aromatic carbocycles. The number of para-hydroxylation sites is 1. The molecule has 0 spiro atoms. The average molecular weight is 278 g/mol. The van der Waals surface area contributed by atoms with E-state index < -0.39 is 0 Å². The summed E-state index contributed by atoms with van der Waals surface area (Å²) in [5, 5.41) is 3.32. The third-order valence-corrected chi connectivity index (χ3v) is 4.17. The molecule has 3 heteroatoms. The SMILES string of the molecule is CCCC1CCCCN1c1c(F)cccc1CNCC. The Bertz CT molecular complexity index is 417. The zero-order valence-corrected chi connectivity index (χ0v) is 12.8. The number of nitrogens with one attached hydrogen (secondary N) is 1. The van der Waals surface area contributed by atoms with Crippen molar-refractivity contribution >= 4 is 5.69 Å². The third-order valence-electron chi connectivity index (χ3n) is 4.17. The molecule has 0 saturated carbocycles. The van der Waals surface area contributed by atoms with Gasteiger partial charge in [0.05, 0.1) is 5.69 Å². The van der Waals surface area contributed by atoms with Crippen LogP contribution in [0.3, 0.4) is 0 Å². The van der Waals surface area contributed by atoms with E-state index >= 15 is 0 Å². The van der Waals surface area contributed by atoms with Crippen LogP contribution in [-0.2, 0) is 6.54 Å². The van der Waals surface area contributed by atoms with Crippen LogP contribution >= 0.6 is 0 Å². The Morgan fingerprint density at radius 2 is 2.15 bits per heavy atom. The Morgan fingerprint density at radius 1 is 1.30 bits per heavy atom. The van der Waals surface area contributed by atoms with Gasteiger partial charge < -0.3 is 10.2 Å². The van der Waals surface area contributed by atoms with Crippen molar-refractivity contribution in [2.75, 3.05) is 18.0 Å². The first kappa shape index (κ1) is 15.3. The molecule has 1 unspecified atom stereocenters. The number of benzene rings is 1. The maximum atomic E-state index is 14.4. The van der Waals surface area contributed by atoms with Gasteiger partial charge in [-0.15, -0.1) is 0 Å². The van der Waals surface area contributed by atoms with E-state index in [1.807, 2.05) is 6.07 Å². The molecule has 1 aliphatic heterocycles. The lowest BCUT2D eigenvalue weighted by Gasteiger charge is -2.39. The van der Waals surface area contributed by atoms with Crippen molar-refractivity contribution in [3.8, 4) is 0 Å². The van der Waals surface area contributed by atoms with Crippen LogP contribution in [-0.4, -0.2) is 19.1 Å². The number of rotatable bonds is 6. The predicted molar refractivity (Wildman–Crippen MR) is 83.7 cm³/mol. The van der Waals surface area contributed by atoms with E-state index in [-0.39, 0.29) is 5.82 Å². The molecule has 0 bridgehead atoms. The second kappa shape index (κ2) is 7.63. The van der Waals surface area contributed by atoms with Gasteiger partial charge in [-0.1, -0.05) is 32.4 Å². The van der Waals surface area contributed by atoms with Gasteiger partial charge in [0, 0.05) is 19.1 Å². The molecular formula is C17H27FN2. The standard InChI is InChI=1S/C17H27FN2/c1-3-8-15-10-5-6-12-20(15)17-14(13-19-4-2)9-7-11-16(17)18/h7,9,11,15,19H,3-6,8,10,12-13H2,1-2H3. The topological polar surface area (TPSA) is 15.3 Å². The summed E-state index contributed by atoms with van der Waals surface area (Å²) in [6, 6.07) is 5.98. The van der Waals surface area contributed by atoms with Crippen molar-refractivity contribution < 1.29 is 4.39 Å². The highest BCUT2D eigenvalue weighted by atomic mass is 19.1. The fourth-order valence-corrected chi connectivity index (χ4v) is 3.21. The van der Waals surface area contributed by atoms with Crippen LogP contribution in [0.1, 0.15) is 51.5 Å². The van der Waals surface area contributed by atoms with Gasteiger partial charge in [0.1, 0.15) is 5.82 Å². The maximum absolute atomic E-state index is 14.4. The van der Waals surface area contributed by atoms with Gasteiger partial charge in [-0.2, -0.15) is 0 Å². The molecule has 0 radical (unpaired) electrons. The smallest absolute Gasteiger partial charge is 0.146 e. The lowest BCUT2D eigenvalue weighted by molar-refractivity contribution is 0.427. The quantitative estimate of drug-likeness (QED) is 0.843. The first-order chi connectivity index (χ1) is 9.77. The fraction of sp³-hybridized carbons (Fsp3) is 0.647. The van der Waals surface area contributed by atoms with Crippen LogP contribution in [0.4, 0.5) is 10.1 Å². The Balaban J connectivity index is 2.28. The second-order valence-corrected chi connectivity index (χ2v) is 5.66. The van der Waals surface area contributed by atoms with Crippen LogP contribution in [0, 0.1) is 5.82 Å². The van der Waals surface area contributed by atoms with E-state index in [1.165, 1.54) is 19.3 Å². The van der Waals surface area contributed by atoms with Crippen molar-refractivity contribution in [2.45, 2.75) is 58.5 Å². The zero-order chi connectivity index (χ0) is 14.4. The molecule has 1 atom stereocenters. The molecule has 2 nitrogen and oxygen atoms in total. The fourth-order valence-electron chi connectivity index (χ4n) is 3.21. The minimum atomic E-state index is -0.0663. The summed E-state index contributed by atoms with van der Waals surface area (Å²) in [7, 11) is 0. The van der Waals surface area contributed by atoms with Gasteiger partial charge in [0.2, 0.25) is 0 Å². The Labute approximate surface area is 122 Å². The van der Waals surface area contributed by atoms with Gasteiger partial charge in [-0.25, -0.2) is 4.39 Å². The highest BCUT2D eigenvalue weighted by Gasteiger charge is 2.25. The molecule has 1 heterocycles. The molecule has 0 aliphatic carbocycles. The number of anilines is 1. The van der Waals surface area contributed by atoms with Crippen LogP contribution in [0.25, 0.3) is 0 Å². The molecule has 1 aliphatic rings. The van der Waals surface area contributed by atoms with Crippen LogP contribution in [0.2, 0.25) is 0 Å². The minimum Gasteiger partial charge on any atom is -0.366 e. The molecule has 1 aromatic rings. The molecule has 1 N–H and O–H groups in total. The first-order valence-corrected chi connectivity index (χ1v) is 8.02. The summed E-state index contributed by atoms with van der Waals surface area (Å²) in [4.78, 5) is 2.33. The second-order valence-electron chi connectivity index (χ2n) is 5.66. The molecule has 0 amide bonds. The minimum absolute atomic E-state index is 0.0663. The highest BCUT2D eigenvalue weighted by Crippen LogP contribution is 2.32. The molecular weight excluding hydrogens is 251 g/mol. The monoisotopic (exact) mass is 278 g/mol. The van der Waals surface area contributed by atoms with Crippen molar-refractivity contribution in [3.63, 3.8) is 0 Å². The van der Waals surface area contributed by atoms with E-state index in [4.69, 9.17) is 0 Å². The summed E-state index contributed by atoms with van der Waals surface area (Å²) in [5.41, 5.74) is 1.93. The number of hydrogen-bond acceptors (Lipinski definition) is 2. The van der Waals surface area contributed by atoms with Crippen LogP contribution < -0.4 is 10.2 Å². The number of nitrogens with zero attached hydrogens (tertiary/aromatic N) is 1. The van der Waals surface area contributed by atoms with Gasteiger partial charge in [-0.3, -0.25) is 0 Å². The highest BCUT2D eigenvalue weighted by molar-refractivity contribution is 5.56. The van der Waals surface area contributed by atoms with Crippen molar-refractivity contribution in [3.05, 3.63) is 29.6 Å². The molecule has 112 valence electrons. The molecule has 20 heavy (non-hydrogen) atoms. The average Bonchev–Trinajstić information content (AvgIpc) is 2.46. The summed E-state index contributed by atoms with van der Waals surface area (Å²) in [6.45, 7) is 6.95. The lowest BCUT2D eigenvalue weighted by Crippen LogP contribution is -2.40. The molecule has 1 fully saturated rings. The molecule has 1 saturated heterocycles. The summed E-state index contributed by atoms with van der Waals surface area (Å²) >= 11 is 0. The summed E-state index contributed by atoms with van der Waals surface area (Å²) in [5.74, 6) is -0.0663. The van der Waals surface area contributed by atoms with E-state index in [1.54, 1.807) is 6.07 Å². The number of hydrogen-bond donors (Lipinski definition) is 1. The van der Waals surface area contributed by atoms with E-state index in [0.29, 0.717) is 6.04 Å².